The quantitative estimate of drug-likeness (QED) is 0.841. The number of nitrogen functional groups attached to an aromatic ring is 1. The molecule has 0 spiro atoms. The van der Waals surface area contributed by atoms with E-state index in [-0.39, 0.29) is 12.3 Å². The van der Waals surface area contributed by atoms with E-state index in [2.05, 4.69) is 21.2 Å². The van der Waals surface area contributed by atoms with Gasteiger partial charge in [-0.3, -0.25) is 4.79 Å². The fourth-order valence-electron chi connectivity index (χ4n) is 1.53. The summed E-state index contributed by atoms with van der Waals surface area (Å²) in [4.78, 5) is 11.7. The molecule has 0 saturated heterocycles. The number of hydrogen-bond donors (Lipinski definition) is 2. The molecule has 20 heavy (non-hydrogen) atoms. The van der Waals surface area contributed by atoms with Gasteiger partial charge in [0.05, 0.1) is 5.69 Å². The van der Waals surface area contributed by atoms with E-state index < -0.39 is 11.7 Å². The molecule has 0 heterocycles. The lowest BCUT2D eigenvalue weighted by Gasteiger charge is -2.08. The van der Waals surface area contributed by atoms with Gasteiger partial charge in [-0.15, -0.1) is 0 Å². The summed E-state index contributed by atoms with van der Waals surface area (Å²) in [5, 5.41) is 2.43. The monoisotopic (exact) mass is 338 g/mol. The van der Waals surface area contributed by atoms with Crippen LogP contribution in [0.2, 0.25) is 0 Å². The fourth-order valence-corrected chi connectivity index (χ4v) is 1.86. The Hall–Kier alpha value is -2.08. The zero-order chi connectivity index (χ0) is 14.5. The molecule has 0 atom stereocenters. The van der Waals surface area contributed by atoms with Gasteiger partial charge in [0.1, 0.15) is 11.6 Å². The highest BCUT2D eigenvalue weighted by atomic mass is 79.9. The van der Waals surface area contributed by atoms with E-state index in [4.69, 9.17) is 10.5 Å². The summed E-state index contributed by atoms with van der Waals surface area (Å²) in [6.45, 7) is -0.223. The summed E-state index contributed by atoms with van der Waals surface area (Å²) in [5.74, 6) is -0.484. The largest absolute Gasteiger partial charge is 0.484 e. The van der Waals surface area contributed by atoms with E-state index in [1.807, 2.05) is 0 Å². The van der Waals surface area contributed by atoms with Crippen molar-refractivity contribution < 1.29 is 13.9 Å². The van der Waals surface area contributed by atoms with Gasteiger partial charge < -0.3 is 15.8 Å². The Labute approximate surface area is 123 Å². The third kappa shape index (κ3) is 3.96. The molecule has 6 heteroatoms. The lowest BCUT2D eigenvalue weighted by Crippen LogP contribution is -2.20. The summed E-state index contributed by atoms with van der Waals surface area (Å²) in [6.07, 6.45) is 0. The Morgan fingerprint density at radius 2 is 2.10 bits per heavy atom. The van der Waals surface area contributed by atoms with Crippen molar-refractivity contribution in [1.29, 1.82) is 0 Å². The number of amides is 1. The zero-order valence-electron chi connectivity index (χ0n) is 10.4. The van der Waals surface area contributed by atoms with E-state index in [9.17, 15) is 9.18 Å². The molecule has 0 radical (unpaired) electrons. The standard InChI is InChI=1S/C14H12BrFN2O2/c15-9-4-5-13(12(16)6-9)18-14(19)8-20-11-3-1-2-10(17)7-11/h1-7H,8,17H2,(H,18,19). The molecule has 104 valence electrons. The number of nitrogens with one attached hydrogen (secondary N) is 1. The third-order valence-electron chi connectivity index (χ3n) is 2.43. The van der Waals surface area contributed by atoms with Crippen LogP contribution < -0.4 is 15.8 Å². The molecule has 0 unspecified atom stereocenters. The van der Waals surface area contributed by atoms with Crippen molar-refractivity contribution >= 4 is 33.2 Å². The second kappa shape index (κ2) is 6.38. The van der Waals surface area contributed by atoms with Crippen LogP contribution in [0.4, 0.5) is 15.8 Å². The van der Waals surface area contributed by atoms with Crippen LogP contribution in [0, 0.1) is 5.82 Å². The number of anilines is 2. The Bertz CT molecular complexity index is 634. The van der Waals surface area contributed by atoms with Crippen molar-refractivity contribution in [3.8, 4) is 5.75 Å². The van der Waals surface area contributed by atoms with Gasteiger partial charge in [-0.1, -0.05) is 22.0 Å². The molecule has 0 aliphatic rings. The van der Waals surface area contributed by atoms with Crippen LogP contribution in [0.15, 0.2) is 46.9 Å². The zero-order valence-corrected chi connectivity index (χ0v) is 12.0. The Morgan fingerprint density at radius 1 is 1.30 bits per heavy atom. The van der Waals surface area contributed by atoms with Gasteiger partial charge in [0.2, 0.25) is 0 Å². The molecule has 0 fully saturated rings. The molecule has 0 aromatic heterocycles. The van der Waals surface area contributed by atoms with E-state index in [1.54, 1.807) is 30.3 Å². The predicted molar refractivity (Wildman–Crippen MR) is 79.1 cm³/mol. The number of carbonyl (C=O) groups is 1. The molecule has 3 N–H and O–H groups in total. The summed E-state index contributed by atoms with van der Waals surface area (Å²) < 4.78 is 19.4. The number of hydrogen-bond acceptors (Lipinski definition) is 3. The first-order valence-corrected chi connectivity index (χ1v) is 6.57. The van der Waals surface area contributed by atoms with Gasteiger partial charge in [-0.25, -0.2) is 4.39 Å². The van der Waals surface area contributed by atoms with Crippen LogP contribution >= 0.6 is 15.9 Å². The first-order chi connectivity index (χ1) is 9.54. The molecule has 1 amide bonds. The van der Waals surface area contributed by atoms with Crippen LogP contribution in [0.1, 0.15) is 0 Å². The van der Waals surface area contributed by atoms with Crippen LogP contribution in [0.3, 0.4) is 0 Å². The molecular weight excluding hydrogens is 327 g/mol. The number of carbonyl (C=O) groups excluding carboxylic acids is 1. The molecule has 0 aliphatic heterocycles. The highest BCUT2D eigenvalue weighted by molar-refractivity contribution is 9.10. The van der Waals surface area contributed by atoms with Crippen LogP contribution in [-0.4, -0.2) is 12.5 Å². The van der Waals surface area contributed by atoms with E-state index in [0.717, 1.165) is 0 Å². The molecule has 0 bridgehead atoms. The maximum atomic E-state index is 13.5. The first kappa shape index (κ1) is 14.3. The molecule has 0 saturated carbocycles. The van der Waals surface area contributed by atoms with Crippen molar-refractivity contribution in [1.82, 2.24) is 0 Å². The van der Waals surface area contributed by atoms with Gasteiger partial charge in [-0.05, 0) is 30.3 Å². The first-order valence-electron chi connectivity index (χ1n) is 5.78. The smallest absolute Gasteiger partial charge is 0.262 e. The SMILES string of the molecule is Nc1cccc(OCC(=O)Nc2ccc(Br)cc2F)c1. The van der Waals surface area contributed by atoms with Gasteiger partial charge in [0.15, 0.2) is 6.61 Å². The number of halogens is 2. The highest BCUT2D eigenvalue weighted by Crippen LogP contribution is 2.19. The molecule has 0 aliphatic carbocycles. The lowest BCUT2D eigenvalue weighted by atomic mass is 10.3. The maximum absolute atomic E-state index is 13.5. The topological polar surface area (TPSA) is 64.3 Å². The average Bonchev–Trinajstić information content (AvgIpc) is 2.40. The van der Waals surface area contributed by atoms with Crippen molar-refractivity contribution in [2.24, 2.45) is 0 Å². The summed E-state index contributed by atoms with van der Waals surface area (Å²) in [7, 11) is 0. The van der Waals surface area contributed by atoms with Crippen LogP contribution in [0.25, 0.3) is 0 Å². The van der Waals surface area contributed by atoms with Gasteiger partial charge >= 0.3 is 0 Å². The normalized spacial score (nSPS) is 10.1. The molecule has 2 aromatic rings. The highest BCUT2D eigenvalue weighted by Gasteiger charge is 2.08. The minimum atomic E-state index is -0.517. The fraction of sp³-hybridized carbons (Fsp3) is 0.0714. The Balaban J connectivity index is 1.92. The molecule has 2 rings (SSSR count). The van der Waals surface area contributed by atoms with E-state index >= 15 is 0 Å². The van der Waals surface area contributed by atoms with Crippen LogP contribution in [-0.2, 0) is 4.79 Å². The molecule has 4 nitrogen and oxygen atoms in total. The Kier molecular flexibility index (Phi) is 4.57. The van der Waals surface area contributed by atoms with Crippen molar-refractivity contribution in [2.45, 2.75) is 0 Å². The van der Waals surface area contributed by atoms with E-state index in [0.29, 0.717) is 15.9 Å². The number of ether oxygens (including phenoxy) is 1. The maximum Gasteiger partial charge on any atom is 0.262 e. The third-order valence-corrected chi connectivity index (χ3v) is 2.93. The second-order valence-corrected chi connectivity index (χ2v) is 4.95. The average molecular weight is 339 g/mol. The number of nitrogens with two attached hydrogens (primary N) is 1. The molecular formula is C14H12BrFN2O2. The van der Waals surface area contributed by atoms with E-state index in [1.165, 1.54) is 12.1 Å². The summed E-state index contributed by atoms with van der Waals surface area (Å²) in [6, 6.07) is 11.1. The van der Waals surface area contributed by atoms with Gasteiger partial charge in [0, 0.05) is 16.2 Å². The van der Waals surface area contributed by atoms with Crippen molar-refractivity contribution in [3.63, 3.8) is 0 Å². The summed E-state index contributed by atoms with van der Waals surface area (Å²) in [5.41, 5.74) is 6.24. The second-order valence-electron chi connectivity index (χ2n) is 4.03. The van der Waals surface area contributed by atoms with Crippen molar-refractivity contribution in [3.05, 3.63) is 52.8 Å². The van der Waals surface area contributed by atoms with Crippen LogP contribution in [0.5, 0.6) is 5.75 Å². The van der Waals surface area contributed by atoms with Gasteiger partial charge in [0.25, 0.3) is 5.91 Å². The predicted octanol–water partition coefficient (Wildman–Crippen LogP) is 3.19. The lowest BCUT2D eigenvalue weighted by molar-refractivity contribution is -0.118. The Morgan fingerprint density at radius 3 is 2.80 bits per heavy atom. The van der Waals surface area contributed by atoms with Gasteiger partial charge in [-0.2, -0.15) is 0 Å². The minimum Gasteiger partial charge on any atom is -0.484 e. The summed E-state index contributed by atoms with van der Waals surface area (Å²) >= 11 is 3.14. The molecule has 2 aromatic carbocycles. The number of rotatable bonds is 4. The van der Waals surface area contributed by atoms with Crippen molar-refractivity contribution in [2.75, 3.05) is 17.7 Å². The minimum absolute atomic E-state index is 0.106. The number of benzene rings is 2.